The highest BCUT2D eigenvalue weighted by molar-refractivity contribution is 8.00. The van der Waals surface area contributed by atoms with Gasteiger partial charge in [0, 0.05) is 18.2 Å². The van der Waals surface area contributed by atoms with Crippen molar-refractivity contribution in [1.82, 2.24) is 21.3 Å². The standard InChI is InChI=1S/C23H34N8O10S.CH5N/c1-10(20(25)36)28-22(38)14(30-23(39)19(24)11(2)32)8-42-9-18(35)27-7-17(34)29-13(21(26)37)5-12-3-4-16(33)15(6-12)31(40)41;1-2/h3-4,6,10-11,13-14,19,32-33H,5,7-9,24H2,1-2H3,(H2,25,36)(H2,26,37)(H,27,35)(H,28,38)(H,29,34)(H,30,39);2H2,1H3/t10?,11?,13-,14?,19?;/m0./s1. The van der Waals surface area contributed by atoms with E-state index in [9.17, 15) is 49.1 Å². The molecule has 4 unspecified atom stereocenters. The van der Waals surface area contributed by atoms with Crippen LogP contribution in [0.1, 0.15) is 19.4 Å². The first-order chi connectivity index (χ1) is 20.5. The van der Waals surface area contributed by atoms with Gasteiger partial charge in [-0.3, -0.25) is 38.9 Å². The number of nitro benzene ring substituents is 1. The van der Waals surface area contributed by atoms with E-state index in [1.165, 1.54) is 27.0 Å². The van der Waals surface area contributed by atoms with E-state index in [1.54, 1.807) is 0 Å². The number of nitrogens with zero attached hydrogens (tertiary/aromatic N) is 1. The van der Waals surface area contributed by atoms with Gasteiger partial charge in [0.15, 0.2) is 5.75 Å². The average Bonchev–Trinajstić information content (AvgIpc) is 2.96. The topological polar surface area (TPSA) is 338 Å². The number of phenols is 1. The van der Waals surface area contributed by atoms with E-state index in [4.69, 9.17) is 17.2 Å². The zero-order valence-corrected chi connectivity index (χ0v) is 25.1. The van der Waals surface area contributed by atoms with Gasteiger partial charge in [0.2, 0.25) is 35.4 Å². The number of phenolic OH excluding ortho intramolecular Hbond substituents is 1. The molecule has 44 heavy (non-hydrogen) atoms. The zero-order chi connectivity index (χ0) is 34.1. The monoisotopic (exact) mass is 645 g/mol. The van der Waals surface area contributed by atoms with Gasteiger partial charge in [-0.15, -0.1) is 11.8 Å². The lowest BCUT2D eigenvalue weighted by molar-refractivity contribution is -0.385. The lowest BCUT2D eigenvalue weighted by Crippen LogP contribution is -2.57. The maximum Gasteiger partial charge on any atom is 0.310 e. The molecule has 19 nitrogen and oxygen atoms in total. The van der Waals surface area contributed by atoms with Gasteiger partial charge in [0.05, 0.1) is 23.3 Å². The van der Waals surface area contributed by atoms with Crippen molar-refractivity contribution in [1.29, 1.82) is 0 Å². The van der Waals surface area contributed by atoms with Gasteiger partial charge < -0.3 is 54.4 Å². The first-order valence-corrected chi connectivity index (χ1v) is 14.0. The number of thioether (sulfide) groups is 1. The number of carbonyl (C=O) groups excluding carboxylic acids is 6. The maximum absolute atomic E-state index is 12.5. The third-order valence-corrected chi connectivity index (χ3v) is 6.60. The first kappa shape index (κ1) is 39.5. The van der Waals surface area contributed by atoms with Gasteiger partial charge in [-0.05, 0) is 32.5 Å². The highest BCUT2D eigenvalue weighted by Crippen LogP contribution is 2.26. The Balaban J connectivity index is 0.00000904. The third-order valence-electron chi connectivity index (χ3n) is 5.56. The van der Waals surface area contributed by atoms with E-state index in [-0.39, 0.29) is 23.5 Å². The molecule has 0 fully saturated rings. The van der Waals surface area contributed by atoms with Crippen LogP contribution >= 0.6 is 11.8 Å². The molecule has 0 aliphatic rings. The van der Waals surface area contributed by atoms with E-state index < -0.39 is 88.6 Å². The summed E-state index contributed by atoms with van der Waals surface area (Å²) >= 11 is 0.884. The van der Waals surface area contributed by atoms with Crippen molar-refractivity contribution in [2.75, 3.05) is 25.1 Å². The van der Waals surface area contributed by atoms with Crippen molar-refractivity contribution in [3.8, 4) is 5.75 Å². The molecular formula is C24H39N9O10S. The number of amides is 6. The number of hydrogen-bond donors (Lipinski definition) is 10. The number of aromatic hydroxyl groups is 1. The molecule has 246 valence electrons. The Kier molecular flexibility index (Phi) is 17.6. The molecule has 0 aromatic heterocycles. The van der Waals surface area contributed by atoms with E-state index in [1.807, 2.05) is 0 Å². The Hall–Kier alpha value is -4.53. The summed E-state index contributed by atoms with van der Waals surface area (Å²) in [6.45, 7) is 2.03. The molecule has 0 bridgehead atoms. The summed E-state index contributed by atoms with van der Waals surface area (Å²) in [7, 11) is 1.50. The molecular weight excluding hydrogens is 606 g/mol. The van der Waals surface area contributed by atoms with Gasteiger partial charge in [0.25, 0.3) is 0 Å². The smallest absolute Gasteiger partial charge is 0.310 e. The Morgan fingerprint density at radius 2 is 1.57 bits per heavy atom. The highest BCUT2D eigenvalue weighted by Gasteiger charge is 2.28. The molecule has 0 spiro atoms. The van der Waals surface area contributed by atoms with Gasteiger partial charge in [0.1, 0.15) is 24.2 Å². The van der Waals surface area contributed by atoms with Crippen molar-refractivity contribution >= 4 is 52.9 Å². The number of carbonyl (C=O) groups is 6. The molecule has 14 N–H and O–H groups in total. The van der Waals surface area contributed by atoms with Crippen LogP contribution < -0.4 is 44.2 Å². The van der Waals surface area contributed by atoms with E-state index in [2.05, 4.69) is 27.0 Å². The predicted octanol–water partition coefficient (Wildman–Crippen LogP) is -4.58. The molecule has 1 rings (SSSR count). The Morgan fingerprint density at radius 3 is 2.09 bits per heavy atom. The number of hydrogen-bond acceptors (Lipinski definition) is 13. The molecule has 0 saturated heterocycles. The normalized spacial score (nSPS) is 13.8. The Labute approximate surface area is 256 Å². The summed E-state index contributed by atoms with van der Waals surface area (Å²) in [5.74, 6) is -5.92. The summed E-state index contributed by atoms with van der Waals surface area (Å²) in [6.07, 6.45) is -1.45. The van der Waals surface area contributed by atoms with Crippen LogP contribution in [0.25, 0.3) is 0 Å². The number of primary amides is 2. The number of rotatable bonds is 17. The SMILES string of the molecule is CC(NC(=O)C(CSCC(=O)NCC(=O)N[C@@H](Cc1ccc(O)c([N+](=O)[O-])c1)C(N)=O)NC(=O)C(N)C(C)O)C(N)=O.CN. The van der Waals surface area contributed by atoms with Crippen LogP contribution in [-0.2, 0) is 35.2 Å². The van der Waals surface area contributed by atoms with E-state index in [0.717, 1.165) is 23.9 Å². The number of aliphatic hydroxyl groups is 1. The Morgan fingerprint density at radius 1 is 0.955 bits per heavy atom. The molecule has 1 aromatic carbocycles. The van der Waals surface area contributed by atoms with Crippen LogP contribution in [0.5, 0.6) is 5.75 Å². The molecule has 0 aliphatic carbocycles. The largest absolute Gasteiger partial charge is 0.502 e. The van der Waals surface area contributed by atoms with Gasteiger partial charge in [-0.25, -0.2) is 0 Å². The summed E-state index contributed by atoms with van der Waals surface area (Å²) in [4.78, 5) is 82.6. The van der Waals surface area contributed by atoms with Gasteiger partial charge >= 0.3 is 5.69 Å². The van der Waals surface area contributed by atoms with Crippen LogP contribution in [0.2, 0.25) is 0 Å². The van der Waals surface area contributed by atoms with Crippen LogP contribution in [0.15, 0.2) is 18.2 Å². The Bertz CT molecular complexity index is 1200. The van der Waals surface area contributed by atoms with Crippen molar-refractivity contribution in [3.63, 3.8) is 0 Å². The minimum absolute atomic E-state index is 0.169. The molecule has 0 aliphatic heterocycles. The predicted molar refractivity (Wildman–Crippen MR) is 158 cm³/mol. The minimum Gasteiger partial charge on any atom is -0.502 e. The van der Waals surface area contributed by atoms with E-state index >= 15 is 0 Å². The van der Waals surface area contributed by atoms with Gasteiger partial charge in [-0.2, -0.15) is 0 Å². The molecule has 1 aromatic rings. The van der Waals surface area contributed by atoms with Gasteiger partial charge in [-0.1, -0.05) is 6.07 Å². The lowest BCUT2D eigenvalue weighted by atomic mass is 10.0. The van der Waals surface area contributed by atoms with Crippen LogP contribution in [0, 0.1) is 10.1 Å². The lowest BCUT2D eigenvalue weighted by Gasteiger charge is -2.22. The van der Waals surface area contributed by atoms with Crippen molar-refractivity contribution in [2.24, 2.45) is 22.9 Å². The molecule has 5 atom stereocenters. The zero-order valence-electron chi connectivity index (χ0n) is 24.3. The number of aliphatic hydroxyl groups excluding tert-OH is 1. The fraction of sp³-hybridized carbons (Fsp3) is 0.500. The van der Waals surface area contributed by atoms with Crippen molar-refractivity contribution < 1.29 is 43.9 Å². The quantitative estimate of drug-likeness (QED) is 0.0564. The second kappa shape index (κ2) is 19.6. The summed E-state index contributed by atoms with van der Waals surface area (Å²) in [6, 6.07) is -1.57. The fourth-order valence-corrected chi connectivity index (χ4v) is 3.98. The second-order valence-electron chi connectivity index (χ2n) is 9.06. The average molecular weight is 646 g/mol. The first-order valence-electron chi connectivity index (χ1n) is 12.8. The van der Waals surface area contributed by atoms with Crippen LogP contribution in [0.3, 0.4) is 0 Å². The second-order valence-corrected chi connectivity index (χ2v) is 10.1. The molecule has 0 radical (unpaired) electrons. The summed E-state index contributed by atoms with van der Waals surface area (Å²) < 4.78 is 0. The minimum atomic E-state index is -1.35. The van der Waals surface area contributed by atoms with Crippen molar-refractivity contribution in [3.05, 3.63) is 33.9 Å². The van der Waals surface area contributed by atoms with Crippen LogP contribution in [0.4, 0.5) is 5.69 Å². The summed E-state index contributed by atoms with van der Waals surface area (Å²) in [5.41, 5.74) is 20.2. The number of nitro groups is 1. The summed E-state index contributed by atoms with van der Waals surface area (Å²) in [5, 5.41) is 39.3. The molecule has 0 saturated carbocycles. The number of benzene rings is 1. The van der Waals surface area contributed by atoms with Crippen molar-refractivity contribution in [2.45, 2.75) is 50.5 Å². The number of nitrogens with one attached hydrogen (secondary N) is 4. The van der Waals surface area contributed by atoms with E-state index in [0.29, 0.717) is 0 Å². The fourth-order valence-electron chi connectivity index (χ4n) is 3.10. The third kappa shape index (κ3) is 14.1. The van der Waals surface area contributed by atoms with Crippen LogP contribution in [-0.4, -0.2) is 106 Å². The molecule has 20 heteroatoms. The number of nitrogens with two attached hydrogens (primary N) is 4. The highest BCUT2D eigenvalue weighted by atomic mass is 32.2. The molecule has 0 heterocycles. The molecule has 6 amide bonds. The maximum atomic E-state index is 12.5.